The number of aliphatic hydroxyl groups is 2. The zero-order valence-corrected chi connectivity index (χ0v) is 15.4. The molecule has 0 saturated carbocycles. The number of para-hydroxylation sites is 1. The predicted molar refractivity (Wildman–Crippen MR) is 107 cm³/mol. The molecule has 7 nitrogen and oxygen atoms in total. The molecule has 2 heterocycles. The summed E-state index contributed by atoms with van der Waals surface area (Å²) in [5.41, 5.74) is 3.29. The van der Waals surface area contributed by atoms with Gasteiger partial charge in [0.25, 0.3) is 5.91 Å². The van der Waals surface area contributed by atoms with Crippen LogP contribution in [0, 0.1) is 0 Å². The molecule has 0 bridgehead atoms. The molecule has 0 radical (unpaired) electrons. The maximum Gasteiger partial charge on any atom is 0.547 e. The molecule has 0 aliphatic carbocycles. The van der Waals surface area contributed by atoms with E-state index in [0.717, 1.165) is 11.1 Å². The van der Waals surface area contributed by atoms with Crippen molar-refractivity contribution in [3.05, 3.63) is 83.7 Å². The SMILES string of the molecule is O=C(N[C@H]1Cc2cccc(C(O)O)c2OB1O)c1ccc(-c2ccncc2)cc1. The Balaban J connectivity index is 1.48. The summed E-state index contributed by atoms with van der Waals surface area (Å²) in [6.45, 7) is 0. The number of rotatable bonds is 4. The van der Waals surface area contributed by atoms with Crippen molar-refractivity contribution >= 4 is 13.0 Å². The molecule has 3 aromatic rings. The number of aromatic nitrogens is 1. The molecule has 2 aromatic carbocycles. The van der Waals surface area contributed by atoms with Crippen LogP contribution in [0.15, 0.2) is 67.0 Å². The predicted octanol–water partition coefficient (Wildman–Crippen LogP) is 1.48. The first-order valence-corrected chi connectivity index (χ1v) is 9.17. The molecule has 0 saturated heterocycles. The van der Waals surface area contributed by atoms with Crippen LogP contribution in [-0.4, -0.2) is 39.2 Å². The second-order valence-electron chi connectivity index (χ2n) is 6.81. The van der Waals surface area contributed by atoms with Gasteiger partial charge >= 0.3 is 7.12 Å². The second kappa shape index (κ2) is 8.04. The Hall–Kier alpha value is -3.20. The van der Waals surface area contributed by atoms with Crippen molar-refractivity contribution in [2.45, 2.75) is 18.7 Å². The van der Waals surface area contributed by atoms with Crippen LogP contribution >= 0.6 is 0 Å². The average molecular weight is 390 g/mol. The Morgan fingerprint density at radius 3 is 2.45 bits per heavy atom. The third-order valence-corrected chi connectivity index (χ3v) is 4.91. The number of carbonyl (C=O) groups is 1. The van der Waals surface area contributed by atoms with Crippen LogP contribution in [0.4, 0.5) is 0 Å². The van der Waals surface area contributed by atoms with Crippen molar-refractivity contribution in [2.24, 2.45) is 0 Å². The number of benzene rings is 2. The lowest BCUT2D eigenvalue weighted by molar-refractivity contribution is -0.0436. The Labute approximate surface area is 167 Å². The molecule has 0 unspecified atom stereocenters. The quantitative estimate of drug-likeness (QED) is 0.397. The number of amides is 1. The van der Waals surface area contributed by atoms with Crippen molar-refractivity contribution in [1.29, 1.82) is 0 Å². The maximum atomic E-state index is 12.6. The van der Waals surface area contributed by atoms with Gasteiger partial charge in [-0.3, -0.25) is 9.78 Å². The van der Waals surface area contributed by atoms with Crippen molar-refractivity contribution in [1.82, 2.24) is 10.3 Å². The molecule has 8 heteroatoms. The summed E-state index contributed by atoms with van der Waals surface area (Å²) in [4.78, 5) is 16.6. The molecule has 4 N–H and O–H groups in total. The van der Waals surface area contributed by atoms with Gasteiger partial charge in [-0.1, -0.05) is 30.3 Å². The zero-order chi connectivity index (χ0) is 20.4. The molecule has 1 atom stereocenters. The van der Waals surface area contributed by atoms with Crippen molar-refractivity contribution in [3.8, 4) is 16.9 Å². The molecule has 146 valence electrons. The first-order chi connectivity index (χ1) is 14.0. The minimum absolute atomic E-state index is 0.179. The number of hydrogen-bond donors (Lipinski definition) is 4. The third kappa shape index (κ3) is 4.00. The molecule has 0 spiro atoms. The second-order valence-corrected chi connectivity index (χ2v) is 6.81. The number of hydrogen-bond acceptors (Lipinski definition) is 6. The largest absolute Gasteiger partial charge is 0.547 e. The van der Waals surface area contributed by atoms with Crippen LogP contribution in [0.5, 0.6) is 5.75 Å². The van der Waals surface area contributed by atoms with Gasteiger partial charge in [0.15, 0.2) is 6.29 Å². The van der Waals surface area contributed by atoms with E-state index in [0.29, 0.717) is 17.5 Å². The van der Waals surface area contributed by atoms with E-state index in [1.807, 2.05) is 24.3 Å². The Kier molecular flexibility index (Phi) is 5.31. The zero-order valence-electron chi connectivity index (χ0n) is 15.4. The summed E-state index contributed by atoms with van der Waals surface area (Å²) >= 11 is 0. The fourth-order valence-electron chi connectivity index (χ4n) is 3.39. The van der Waals surface area contributed by atoms with Crippen LogP contribution < -0.4 is 9.97 Å². The smallest absolute Gasteiger partial charge is 0.534 e. The summed E-state index contributed by atoms with van der Waals surface area (Å²) in [6, 6.07) is 15.9. The fraction of sp³-hybridized carbons (Fsp3) is 0.143. The van der Waals surface area contributed by atoms with E-state index in [-0.39, 0.29) is 17.2 Å². The molecule has 1 aromatic heterocycles. The molecule has 1 amide bonds. The highest BCUT2D eigenvalue weighted by atomic mass is 16.5. The van der Waals surface area contributed by atoms with E-state index in [1.54, 1.807) is 36.7 Å². The van der Waals surface area contributed by atoms with Crippen LogP contribution in [-0.2, 0) is 6.42 Å². The van der Waals surface area contributed by atoms with E-state index >= 15 is 0 Å². The van der Waals surface area contributed by atoms with Crippen LogP contribution in [0.1, 0.15) is 27.8 Å². The molecule has 1 aliphatic rings. The highest BCUT2D eigenvalue weighted by molar-refractivity contribution is 6.47. The highest BCUT2D eigenvalue weighted by Gasteiger charge is 2.37. The van der Waals surface area contributed by atoms with Gasteiger partial charge in [-0.25, -0.2) is 0 Å². The monoisotopic (exact) mass is 390 g/mol. The van der Waals surface area contributed by atoms with Gasteiger partial charge in [-0.05, 0) is 47.4 Å². The van der Waals surface area contributed by atoms with Crippen molar-refractivity contribution < 1.29 is 24.7 Å². The van der Waals surface area contributed by atoms with Gasteiger partial charge in [0, 0.05) is 23.5 Å². The highest BCUT2D eigenvalue weighted by Crippen LogP contribution is 2.33. The number of fused-ring (bicyclic) bond motifs is 1. The summed E-state index contributed by atoms with van der Waals surface area (Å²) in [5, 5.41) is 32.0. The lowest BCUT2D eigenvalue weighted by Crippen LogP contribution is -2.53. The number of nitrogens with one attached hydrogen (secondary N) is 1. The summed E-state index contributed by atoms with van der Waals surface area (Å²) in [6.07, 6.45) is 2.01. The summed E-state index contributed by atoms with van der Waals surface area (Å²) in [5.74, 6) is -0.760. The van der Waals surface area contributed by atoms with Gasteiger partial charge < -0.3 is 25.2 Å². The first kappa shape index (κ1) is 19.1. The summed E-state index contributed by atoms with van der Waals surface area (Å²) in [7, 11) is -1.30. The van der Waals surface area contributed by atoms with E-state index < -0.39 is 19.3 Å². The lowest BCUT2D eigenvalue weighted by atomic mass is 9.72. The molecule has 1 aliphatic heterocycles. The van der Waals surface area contributed by atoms with E-state index in [2.05, 4.69) is 10.3 Å². The number of pyridine rings is 1. The van der Waals surface area contributed by atoms with Crippen LogP contribution in [0.2, 0.25) is 0 Å². The van der Waals surface area contributed by atoms with E-state index in [9.17, 15) is 20.0 Å². The molecule has 0 fully saturated rings. The van der Waals surface area contributed by atoms with E-state index in [1.165, 1.54) is 6.07 Å². The third-order valence-electron chi connectivity index (χ3n) is 4.91. The molecule has 29 heavy (non-hydrogen) atoms. The molecular formula is C21H19BN2O5. The normalized spacial score (nSPS) is 15.6. The number of aliphatic hydroxyl groups excluding tert-OH is 1. The maximum absolute atomic E-state index is 12.6. The number of carbonyl (C=O) groups excluding carboxylic acids is 1. The first-order valence-electron chi connectivity index (χ1n) is 9.17. The fourth-order valence-corrected chi connectivity index (χ4v) is 3.39. The van der Waals surface area contributed by atoms with Crippen molar-refractivity contribution in [3.63, 3.8) is 0 Å². The van der Waals surface area contributed by atoms with Crippen LogP contribution in [0.25, 0.3) is 11.1 Å². The summed E-state index contributed by atoms with van der Waals surface area (Å²) < 4.78 is 5.47. The van der Waals surface area contributed by atoms with Gasteiger partial charge in [0.1, 0.15) is 5.75 Å². The Morgan fingerprint density at radius 1 is 1.07 bits per heavy atom. The topological polar surface area (TPSA) is 112 Å². The minimum Gasteiger partial charge on any atom is -0.534 e. The van der Waals surface area contributed by atoms with Gasteiger partial charge in [0.2, 0.25) is 0 Å². The van der Waals surface area contributed by atoms with Gasteiger partial charge in [0.05, 0.1) is 5.94 Å². The van der Waals surface area contributed by atoms with Gasteiger partial charge in [-0.15, -0.1) is 0 Å². The van der Waals surface area contributed by atoms with Gasteiger partial charge in [-0.2, -0.15) is 0 Å². The van der Waals surface area contributed by atoms with Crippen LogP contribution in [0.3, 0.4) is 0 Å². The standard InChI is InChI=1S/C21H19BN2O5/c25-20(15-6-4-13(5-7-15)14-8-10-23-11-9-14)24-18-12-16-2-1-3-17(21(26)27)19(16)29-22(18)28/h1-11,18,21,26-28H,12H2,(H,24,25)/t18-/m0/s1. The molecular weight excluding hydrogens is 371 g/mol. The van der Waals surface area contributed by atoms with Crippen molar-refractivity contribution in [2.75, 3.05) is 0 Å². The average Bonchev–Trinajstić information content (AvgIpc) is 2.74. The Bertz CT molecular complexity index is 1010. The number of nitrogens with zero attached hydrogens (tertiary/aromatic N) is 1. The Morgan fingerprint density at radius 2 is 1.76 bits per heavy atom. The van der Waals surface area contributed by atoms with E-state index in [4.69, 9.17) is 4.65 Å². The lowest BCUT2D eigenvalue weighted by Gasteiger charge is -2.29. The molecule has 4 rings (SSSR count). The minimum atomic E-state index is -1.71.